The van der Waals surface area contributed by atoms with Gasteiger partial charge in [-0.3, -0.25) is 4.79 Å². The maximum Gasteiger partial charge on any atom is 0.262 e. The number of hydrogen-bond acceptors (Lipinski definition) is 3. The summed E-state index contributed by atoms with van der Waals surface area (Å²) in [5.74, 6) is 0.455. The number of carbonyl (C=O) groups excluding carboxylic acids is 1. The second-order valence-electron chi connectivity index (χ2n) is 5.03. The monoisotopic (exact) mass is 284 g/mol. The predicted molar refractivity (Wildman–Crippen MR) is 84.3 cm³/mol. The number of hydrogen-bond donors (Lipinski definition) is 2. The number of para-hydroxylation sites is 1. The first-order chi connectivity index (χ1) is 10.1. The average Bonchev–Trinajstić information content (AvgIpc) is 2.47. The van der Waals surface area contributed by atoms with Crippen LogP contribution in [-0.2, 0) is 4.79 Å². The van der Waals surface area contributed by atoms with Crippen LogP contribution in [0.25, 0.3) is 0 Å². The number of nitrogens with two attached hydrogens (primary N) is 1. The number of aryl methyl sites for hydroxylation is 1. The molecule has 4 nitrogen and oxygen atoms in total. The molecular weight excluding hydrogens is 264 g/mol. The van der Waals surface area contributed by atoms with E-state index < -0.39 is 0 Å². The minimum atomic E-state index is -0.197. The van der Waals surface area contributed by atoms with Crippen LogP contribution in [0, 0.1) is 6.92 Å². The Balaban J connectivity index is 1.98. The van der Waals surface area contributed by atoms with Gasteiger partial charge in [0.15, 0.2) is 6.61 Å². The second-order valence-corrected chi connectivity index (χ2v) is 5.03. The number of rotatable bonds is 5. The van der Waals surface area contributed by atoms with Crippen molar-refractivity contribution in [3.63, 3.8) is 0 Å². The molecule has 110 valence electrons. The Bertz CT molecular complexity index is 609. The lowest BCUT2D eigenvalue weighted by molar-refractivity contribution is -0.118. The standard InChI is InChI=1S/C17H20N2O2/c1-12-8-9-16(15(10-12)13(2)18)21-11-17(20)19-14-6-4-3-5-7-14/h3-10,13H,11,18H2,1-2H3,(H,19,20)/t13-/m0/s1. The maximum atomic E-state index is 11.9. The highest BCUT2D eigenvalue weighted by atomic mass is 16.5. The van der Waals surface area contributed by atoms with E-state index in [0.29, 0.717) is 5.75 Å². The zero-order chi connectivity index (χ0) is 15.2. The van der Waals surface area contributed by atoms with Gasteiger partial charge in [0.2, 0.25) is 0 Å². The van der Waals surface area contributed by atoms with Gasteiger partial charge < -0.3 is 15.8 Å². The lowest BCUT2D eigenvalue weighted by atomic mass is 10.1. The van der Waals surface area contributed by atoms with E-state index in [-0.39, 0.29) is 18.6 Å². The van der Waals surface area contributed by atoms with Crippen LogP contribution >= 0.6 is 0 Å². The summed E-state index contributed by atoms with van der Waals surface area (Å²) in [6.45, 7) is 3.85. The van der Waals surface area contributed by atoms with E-state index in [0.717, 1.165) is 16.8 Å². The van der Waals surface area contributed by atoms with E-state index in [2.05, 4.69) is 5.32 Å². The fraction of sp³-hybridized carbons (Fsp3) is 0.235. The van der Waals surface area contributed by atoms with Gasteiger partial charge in [0.1, 0.15) is 5.75 Å². The van der Waals surface area contributed by atoms with Crippen LogP contribution in [-0.4, -0.2) is 12.5 Å². The smallest absolute Gasteiger partial charge is 0.262 e. The molecule has 0 aliphatic heterocycles. The van der Waals surface area contributed by atoms with Gasteiger partial charge in [-0.2, -0.15) is 0 Å². The first-order valence-corrected chi connectivity index (χ1v) is 6.90. The van der Waals surface area contributed by atoms with Crippen molar-refractivity contribution >= 4 is 11.6 Å². The van der Waals surface area contributed by atoms with E-state index in [1.807, 2.05) is 62.4 Å². The van der Waals surface area contributed by atoms with Crippen LogP contribution in [0.1, 0.15) is 24.1 Å². The second kappa shape index (κ2) is 6.90. The summed E-state index contributed by atoms with van der Waals surface area (Å²) in [6.07, 6.45) is 0. The summed E-state index contributed by atoms with van der Waals surface area (Å²) in [4.78, 5) is 11.9. The minimum Gasteiger partial charge on any atom is -0.483 e. The van der Waals surface area contributed by atoms with Crippen molar-refractivity contribution in [1.29, 1.82) is 0 Å². The zero-order valence-electron chi connectivity index (χ0n) is 12.3. The van der Waals surface area contributed by atoms with E-state index in [1.54, 1.807) is 0 Å². The number of carbonyl (C=O) groups is 1. The van der Waals surface area contributed by atoms with Crippen LogP contribution in [0.5, 0.6) is 5.75 Å². The molecule has 0 bridgehead atoms. The summed E-state index contributed by atoms with van der Waals surface area (Å²) in [6, 6.07) is 14.9. The van der Waals surface area contributed by atoms with Crippen LogP contribution in [0.15, 0.2) is 48.5 Å². The predicted octanol–water partition coefficient (Wildman–Crippen LogP) is 3.03. The van der Waals surface area contributed by atoms with Gasteiger partial charge >= 0.3 is 0 Å². The third-order valence-corrected chi connectivity index (χ3v) is 3.07. The SMILES string of the molecule is Cc1ccc(OCC(=O)Nc2ccccc2)c([C@H](C)N)c1. The summed E-state index contributed by atoms with van der Waals surface area (Å²) >= 11 is 0. The van der Waals surface area contributed by atoms with Gasteiger partial charge in [0, 0.05) is 17.3 Å². The molecule has 0 spiro atoms. The van der Waals surface area contributed by atoms with Crippen molar-refractivity contribution in [3.05, 3.63) is 59.7 Å². The molecule has 0 saturated heterocycles. The molecule has 0 radical (unpaired) electrons. The molecule has 0 aliphatic rings. The molecule has 2 aromatic carbocycles. The molecule has 0 aromatic heterocycles. The van der Waals surface area contributed by atoms with Crippen molar-refractivity contribution in [2.75, 3.05) is 11.9 Å². The Morgan fingerprint density at radius 1 is 1.24 bits per heavy atom. The number of nitrogens with one attached hydrogen (secondary N) is 1. The molecule has 21 heavy (non-hydrogen) atoms. The molecule has 3 N–H and O–H groups in total. The van der Waals surface area contributed by atoms with Gasteiger partial charge in [-0.1, -0.05) is 35.9 Å². The number of ether oxygens (including phenoxy) is 1. The third-order valence-electron chi connectivity index (χ3n) is 3.07. The molecular formula is C17H20N2O2. The number of anilines is 1. The first-order valence-electron chi connectivity index (χ1n) is 6.90. The highest BCUT2D eigenvalue weighted by Crippen LogP contribution is 2.25. The Morgan fingerprint density at radius 2 is 1.95 bits per heavy atom. The molecule has 1 atom stereocenters. The molecule has 4 heteroatoms. The van der Waals surface area contributed by atoms with Gasteiger partial charge in [0.25, 0.3) is 5.91 Å². The van der Waals surface area contributed by atoms with Crippen molar-refractivity contribution in [2.24, 2.45) is 5.73 Å². The molecule has 0 unspecified atom stereocenters. The van der Waals surface area contributed by atoms with E-state index in [4.69, 9.17) is 10.5 Å². The van der Waals surface area contributed by atoms with Crippen molar-refractivity contribution in [1.82, 2.24) is 0 Å². The highest BCUT2D eigenvalue weighted by molar-refractivity contribution is 5.91. The van der Waals surface area contributed by atoms with E-state index >= 15 is 0 Å². The highest BCUT2D eigenvalue weighted by Gasteiger charge is 2.10. The van der Waals surface area contributed by atoms with Gasteiger partial charge in [0.05, 0.1) is 0 Å². The Morgan fingerprint density at radius 3 is 2.62 bits per heavy atom. The molecule has 0 aliphatic carbocycles. The molecule has 2 rings (SSSR count). The number of amides is 1. The normalized spacial score (nSPS) is 11.8. The summed E-state index contributed by atoms with van der Waals surface area (Å²) in [5, 5.41) is 2.78. The van der Waals surface area contributed by atoms with Gasteiger partial charge in [-0.15, -0.1) is 0 Å². The average molecular weight is 284 g/mol. The van der Waals surface area contributed by atoms with Crippen LogP contribution in [0.4, 0.5) is 5.69 Å². The van der Waals surface area contributed by atoms with Crippen molar-refractivity contribution < 1.29 is 9.53 Å². The van der Waals surface area contributed by atoms with E-state index in [1.165, 1.54) is 0 Å². The molecule has 0 heterocycles. The summed E-state index contributed by atoms with van der Waals surface area (Å²) in [7, 11) is 0. The largest absolute Gasteiger partial charge is 0.483 e. The van der Waals surface area contributed by atoms with E-state index in [9.17, 15) is 4.79 Å². The van der Waals surface area contributed by atoms with Crippen molar-refractivity contribution in [3.8, 4) is 5.75 Å². The Hall–Kier alpha value is -2.33. The number of benzene rings is 2. The molecule has 2 aromatic rings. The quantitative estimate of drug-likeness (QED) is 0.887. The zero-order valence-corrected chi connectivity index (χ0v) is 12.3. The van der Waals surface area contributed by atoms with Gasteiger partial charge in [-0.05, 0) is 32.0 Å². The summed E-state index contributed by atoms with van der Waals surface area (Å²) in [5.41, 5.74) is 8.70. The lowest BCUT2D eigenvalue weighted by Crippen LogP contribution is -2.21. The first kappa shape index (κ1) is 15.1. The Labute approximate surface area is 124 Å². The third kappa shape index (κ3) is 4.33. The van der Waals surface area contributed by atoms with Gasteiger partial charge in [-0.25, -0.2) is 0 Å². The molecule has 0 saturated carbocycles. The van der Waals surface area contributed by atoms with Crippen molar-refractivity contribution in [2.45, 2.75) is 19.9 Å². The fourth-order valence-electron chi connectivity index (χ4n) is 2.02. The van der Waals surface area contributed by atoms with Crippen LogP contribution < -0.4 is 15.8 Å². The molecule has 1 amide bonds. The topological polar surface area (TPSA) is 64.3 Å². The lowest BCUT2D eigenvalue weighted by Gasteiger charge is -2.14. The summed E-state index contributed by atoms with van der Waals surface area (Å²) < 4.78 is 5.60. The minimum absolute atomic E-state index is 0.0440. The fourth-order valence-corrected chi connectivity index (χ4v) is 2.02. The van der Waals surface area contributed by atoms with Crippen LogP contribution in [0.3, 0.4) is 0 Å². The molecule has 0 fully saturated rings. The van der Waals surface area contributed by atoms with Crippen LogP contribution in [0.2, 0.25) is 0 Å². The maximum absolute atomic E-state index is 11.9. The Kier molecular flexibility index (Phi) is 4.95.